The Labute approximate surface area is 142 Å². The number of aliphatic hydroxyl groups is 1. The van der Waals surface area contributed by atoms with Gasteiger partial charge in [-0.3, -0.25) is 4.79 Å². The van der Waals surface area contributed by atoms with E-state index in [4.69, 9.17) is 16.3 Å². The van der Waals surface area contributed by atoms with E-state index < -0.39 is 24.2 Å². The van der Waals surface area contributed by atoms with Crippen LogP contribution in [0.2, 0.25) is 0 Å². The van der Waals surface area contributed by atoms with Gasteiger partial charge in [0.1, 0.15) is 0 Å². The minimum Gasteiger partial charge on any atom is -0.493 e. The fourth-order valence-electron chi connectivity index (χ4n) is 5.44. The number of rotatable bonds is 1. The number of piperidine rings is 1. The number of Topliss-reactive ketones (excluding diaryl/α,β-unsaturated/α-hetero) is 1. The molecule has 2 fully saturated rings. The SMILES string of the molecule is [2H]c1c([2H])c(OC([2H])([2H])[2H])c2c3c1C[C@H]1N(C)CC[C@@]34C(O2)C(=O)CC[C@@]14O. The number of hydrogen-bond donors (Lipinski definition) is 1. The highest BCUT2D eigenvalue weighted by molar-refractivity contribution is 5.90. The zero-order valence-corrected chi connectivity index (χ0v) is 12.8. The molecule has 5 nitrogen and oxygen atoms in total. The fourth-order valence-corrected chi connectivity index (χ4v) is 5.44. The molecule has 1 aromatic carbocycles. The van der Waals surface area contributed by atoms with Crippen molar-refractivity contribution in [2.75, 3.05) is 20.6 Å². The summed E-state index contributed by atoms with van der Waals surface area (Å²) >= 11 is 0. The van der Waals surface area contributed by atoms with Crippen molar-refractivity contribution in [3.63, 3.8) is 0 Å². The van der Waals surface area contributed by atoms with Gasteiger partial charge >= 0.3 is 0 Å². The summed E-state index contributed by atoms with van der Waals surface area (Å²) in [4.78, 5) is 14.9. The fraction of sp³-hybridized carbons (Fsp3) is 0.611. The van der Waals surface area contributed by atoms with E-state index in [1.807, 2.05) is 7.05 Å². The molecule has 1 saturated heterocycles. The van der Waals surface area contributed by atoms with Crippen molar-refractivity contribution in [3.05, 3.63) is 23.2 Å². The van der Waals surface area contributed by atoms with Crippen molar-refractivity contribution in [1.29, 1.82) is 0 Å². The maximum atomic E-state index is 12.8. The van der Waals surface area contributed by atoms with Gasteiger partial charge in [0.05, 0.1) is 24.9 Å². The summed E-state index contributed by atoms with van der Waals surface area (Å²) in [6.07, 6.45) is 0.326. The van der Waals surface area contributed by atoms with Crippen molar-refractivity contribution in [3.8, 4) is 11.5 Å². The molecule has 5 heteroatoms. The Balaban J connectivity index is 1.85. The quantitative estimate of drug-likeness (QED) is 0.838. The van der Waals surface area contributed by atoms with Gasteiger partial charge in [0.2, 0.25) is 0 Å². The second-order valence-corrected chi connectivity index (χ2v) is 7.17. The van der Waals surface area contributed by atoms with Crippen LogP contribution in [0.4, 0.5) is 0 Å². The van der Waals surface area contributed by atoms with E-state index in [9.17, 15) is 9.90 Å². The minimum absolute atomic E-state index is 0.0498. The zero-order chi connectivity index (χ0) is 20.2. The van der Waals surface area contributed by atoms with Crippen LogP contribution < -0.4 is 9.47 Å². The van der Waals surface area contributed by atoms with Crippen LogP contribution in [-0.4, -0.2) is 54.2 Å². The Bertz CT molecular complexity index is 918. The molecule has 0 aromatic heterocycles. The number of hydrogen-bond acceptors (Lipinski definition) is 5. The molecule has 1 N–H and O–H groups in total. The number of nitrogens with zero attached hydrogens (tertiary/aromatic N) is 1. The summed E-state index contributed by atoms with van der Waals surface area (Å²) < 4.78 is 50.2. The minimum atomic E-state index is -2.83. The lowest BCUT2D eigenvalue weighted by atomic mass is 9.49. The molecular formula is C18H21NO4. The Kier molecular flexibility index (Phi) is 1.71. The van der Waals surface area contributed by atoms with Crippen LogP contribution >= 0.6 is 0 Å². The van der Waals surface area contributed by atoms with Gasteiger partial charge in [0, 0.05) is 18.0 Å². The third kappa shape index (κ3) is 1.32. The summed E-state index contributed by atoms with van der Waals surface area (Å²) in [6.45, 7) is 0.643. The van der Waals surface area contributed by atoms with E-state index in [0.29, 0.717) is 36.9 Å². The van der Waals surface area contributed by atoms with Crippen molar-refractivity contribution in [1.82, 2.24) is 4.90 Å². The molecule has 1 aromatic rings. The van der Waals surface area contributed by atoms with Crippen LogP contribution in [0, 0.1) is 0 Å². The first-order chi connectivity index (χ1) is 13.0. The van der Waals surface area contributed by atoms with Gasteiger partial charge < -0.3 is 19.5 Å². The summed E-state index contributed by atoms with van der Waals surface area (Å²) in [5.41, 5.74) is -1.18. The lowest BCUT2D eigenvalue weighted by Crippen LogP contribution is -2.76. The van der Waals surface area contributed by atoms with Crippen LogP contribution in [0.5, 0.6) is 11.5 Å². The lowest BCUT2D eigenvalue weighted by molar-refractivity contribution is -0.185. The van der Waals surface area contributed by atoms with Crippen molar-refractivity contribution in [2.24, 2.45) is 0 Å². The number of likely N-dealkylation sites (tertiary alicyclic amines) is 1. The van der Waals surface area contributed by atoms with Crippen LogP contribution in [0.25, 0.3) is 0 Å². The molecule has 122 valence electrons. The molecule has 4 aliphatic rings. The average molecular weight is 320 g/mol. The molecule has 1 unspecified atom stereocenters. The van der Waals surface area contributed by atoms with Gasteiger partial charge in [0.25, 0.3) is 0 Å². The third-order valence-corrected chi connectivity index (χ3v) is 6.45. The van der Waals surface area contributed by atoms with Crippen LogP contribution in [0.1, 0.15) is 37.2 Å². The van der Waals surface area contributed by atoms with E-state index >= 15 is 0 Å². The highest BCUT2D eigenvalue weighted by Gasteiger charge is 2.72. The zero-order valence-electron chi connectivity index (χ0n) is 17.8. The molecule has 2 aliphatic carbocycles. The van der Waals surface area contributed by atoms with E-state index in [1.165, 1.54) is 0 Å². The second kappa shape index (κ2) is 4.08. The molecule has 0 radical (unpaired) electrons. The van der Waals surface area contributed by atoms with Gasteiger partial charge in [-0.05, 0) is 44.5 Å². The summed E-state index contributed by atoms with van der Waals surface area (Å²) in [6, 6.07) is -0.780. The highest BCUT2D eigenvalue weighted by atomic mass is 16.5. The molecule has 4 atom stereocenters. The standard InChI is InChI=1S/C18H21NO4/c1-19-8-7-17-14-10-3-4-12(22-2)15(14)23-16(17)11(20)5-6-18(17,21)13(19)9-10/h3-4,13,16,21H,5-9H2,1-2H3/t13-,16?,17+,18-/m1/s1/i2D3,3D,4D. The smallest absolute Gasteiger partial charge is 0.174 e. The lowest BCUT2D eigenvalue weighted by Gasteiger charge is -2.62. The van der Waals surface area contributed by atoms with Crippen LogP contribution in [0.15, 0.2) is 12.1 Å². The Morgan fingerprint density at radius 2 is 2.39 bits per heavy atom. The second-order valence-electron chi connectivity index (χ2n) is 7.17. The Morgan fingerprint density at radius 1 is 1.52 bits per heavy atom. The number of ketones is 1. The highest BCUT2D eigenvalue weighted by Crippen LogP contribution is 2.64. The van der Waals surface area contributed by atoms with Crippen molar-refractivity contribution < 1.29 is 26.2 Å². The molecule has 2 aliphatic heterocycles. The normalized spacial score (nSPS) is 44.3. The molecule has 1 spiro atoms. The molecule has 1 saturated carbocycles. The van der Waals surface area contributed by atoms with E-state index in [0.717, 1.165) is 0 Å². The van der Waals surface area contributed by atoms with Gasteiger partial charge in [-0.15, -0.1) is 0 Å². The Morgan fingerprint density at radius 3 is 3.22 bits per heavy atom. The molecule has 2 heterocycles. The van der Waals surface area contributed by atoms with Gasteiger partial charge in [0.15, 0.2) is 23.4 Å². The number of carbonyl (C=O) groups is 1. The summed E-state index contributed by atoms with van der Waals surface area (Å²) in [7, 11) is -0.911. The van der Waals surface area contributed by atoms with E-state index in [2.05, 4.69) is 4.90 Å². The van der Waals surface area contributed by atoms with Gasteiger partial charge in [-0.1, -0.05) is 6.04 Å². The average Bonchev–Trinajstić information content (AvgIpc) is 2.95. The number of likely N-dealkylation sites (N-methyl/N-ethyl adjacent to an activating group) is 1. The number of benzene rings is 1. The molecule has 23 heavy (non-hydrogen) atoms. The van der Waals surface area contributed by atoms with E-state index in [1.54, 1.807) is 0 Å². The number of ether oxygens (including phenoxy) is 2. The third-order valence-electron chi connectivity index (χ3n) is 6.45. The number of methoxy groups -OCH3 is 1. The predicted molar refractivity (Wildman–Crippen MR) is 83.0 cm³/mol. The van der Waals surface area contributed by atoms with Crippen LogP contribution in [-0.2, 0) is 16.6 Å². The van der Waals surface area contributed by atoms with Crippen molar-refractivity contribution in [2.45, 2.75) is 48.8 Å². The number of carbonyl (C=O) groups excluding carboxylic acids is 1. The maximum absolute atomic E-state index is 12.8. The predicted octanol–water partition coefficient (Wildman–Crippen LogP) is 1.05. The van der Waals surface area contributed by atoms with Crippen molar-refractivity contribution >= 4 is 5.78 Å². The molecule has 2 bridgehead atoms. The topological polar surface area (TPSA) is 59.0 Å². The van der Waals surface area contributed by atoms with Gasteiger partial charge in [-0.2, -0.15) is 0 Å². The first-order valence-corrected chi connectivity index (χ1v) is 7.99. The Hall–Kier alpha value is -1.59. The van der Waals surface area contributed by atoms with Crippen LogP contribution in [0.3, 0.4) is 0 Å². The first-order valence-electron chi connectivity index (χ1n) is 10.5. The maximum Gasteiger partial charge on any atom is 0.174 e. The largest absolute Gasteiger partial charge is 0.493 e. The monoisotopic (exact) mass is 320 g/mol. The summed E-state index contributed by atoms with van der Waals surface area (Å²) in [5, 5.41) is 11.8. The van der Waals surface area contributed by atoms with Gasteiger partial charge in [-0.25, -0.2) is 0 Å². The molecule has 0 amide bonds. The summed E-state index contributed by atoms with van der Waals surface area (Å²) in [5.74, 6) is -0.427. The van der Waals surface area contributed by atoms with E-state index in [-0.39, 0.29) is 41.8 Å². The molecular weight excluding hydrogens is 294 g/mol. The first kappa shape index (κ1) is 9.64. The molecule has 5 rings (SSSR count).